The molecule has 5 rings (SSSR count). The minimum atomic E-state index is -2.12. The first-order valence-corrected chi connectivity index (χ1v) is 14.2. The van der Waals surface area contributed by atoms with Crippen LogP contribution in [0.25, 0.3) is 0 Å². The zero-order valence-electron chi connectivity index (χ0n) is 23.5. The second-order valence-electron chi connectivity index (χ2n) is 12.0. The van der Waals surface area contributed by atoms with Gasteiger partial charge in [-0.2, -0.15) is 0 Å². The Morgan fingerprint density at radius 3 is 2.25 bits per heavy atom. The van der Waals surface area contributed by atoms with Gasteiger partial charge >= 0.3 is 23.9 Å². The van der Waals surface area contributed by atoms with E-state index < -0.39 is 107 Å². The van der Waals surface area contributed by atoms with Crippen molar-refractivity contribution >= 4 is 35.5 Å². The molecule has 40 heavy (non-hydrogen) atoms. The molecule has 5 aliphatic rings. The van der Waals surface area contributed by atoms with Crippen LogP contribution >= 0.6 is 11.6 Å². The third-order valence-corrected chi connectivity index (χ3v) is 10.0. The van der Waals surface area contributed by atoms with Gasteiger partial charge in [-0.25, -0.2) is 0 Å². The molecule has 2 saturated carbocycles. The van der Waals surface area contributed by atoms with Crippen LogP contribution in [0, 0.1) is 23.2 Å². The molecular weight excluding hydrogens is 548 g/mol. The summed E-state index contributed by atoms with van der Waals surface area (Å²) in [4.78, 5) is 50.7. The van der Waals surface area contributed by atoms with E-state index in [0.29, 0.717) is 12.0 Å². The fourth-order valence-electron chi connectivity index (χ4n) is 7.50. The maximum absolute atomic E-state index is 13.0. The van der Waals surface area contributed by atoms with E-state index in [-0.39, 0.29) is 6.42 Å². The first-order chi connectivity index (χ1) is 18.7. The highest BCUT2D eigenvalue weighted by Crippen LogP contribution is 2.64. The molecule has 222 valence electrons. The van der Waals surface area contributed by atoms with E-state index in [1.807, 2.05) is 13.8 Å². The molecule has 0 bridgehead atoms. The largest absolute Gasteiger partial charge is 0.459 e. The SMILES string of the molecule is C=C1[C@H]2O[C@H]2[C@H](OC(C)=O)[C@]2(C)[C@H]([C@@H](C)[C@@H](OC(=O)CCC)[C@@H]3O[C@@H]32)[C@@H](OC(C)=O)[C@]2(O)[C@@H](C)C(=O)O[C@H]2[C@H]1Cl. The predicted molar refractivity (Wildman–Crippen MR) is 137 cm³/mol. The van der Waals surface area contributed by atoms with E-state index in [9.17, 15) is 24.3 Å². The molecule has 3 saturated heterocycles. The van der Waals surface area contributed by atoms with Crippen LogP contribution in [0.15, 0.2) is 12.2 Å². The van der Waals surface area contributed by atoms with Gasteiger partial charge in [0, 0.05) is 37.5 Å². The Morgan fingerprint density at radius 2 is 1.65 bits per heavy atom. The summed E-state index contributed by atoms with van der Waals surface area (Å²) >= 11 is 6.82. The summed E-state index contributed by atoms with van der Waals surface area (Å²) in [6, 6.07) is 0. The van der Waals surface area contributed by atoms with Crippen LogP contribution in [0.1, 0.15) is 54.4 Å². The van der Waals surface area contributed by atoms with Crippen molar-refractivity contribution in [2.75, 3.05) is 0 Å². The van der Waals surface area contributed by atoms with E-state index in [0.717, 1.165) is 0 Å². The number of rotatable bonds is 5. The van der Waals surface area contributed by atoms with Crippen LogP contribution in [0.4, 0.5) is 0 Å². The lowest BCUT2D eigenvalue weighted by Gasteiger charge is -2.54. The number of esters is 4. The molecule has 2 aliphatic carbocycles. The molecule has 11 nitrogen and oxygen atoms in total. The molecule has 3 aliphatic heterocycles. The van der Waals surface area contributed by atoms with Gasteiger partial charge in [0.1, 0.15) is 36.6 Å². The lowest BCUT2D eigenvalue weighted by Crippen LogP contribution is -2.69. The van der Waals surface area contributed by atoms with Crippen LogP contribution in [0.2, 0.25) is 0 Å². The molecule has 5 fully saturated rings. The standard InChI is InChI=1S/C28H37ClO11/c1-8-9-15(32)37-18-10(2)16-22(35-13(5)30)28(34)12(4)26(33)40-23(28)17(29)11(3)19-20(38-19)24(36-14(6)31)27(16,7)25-21(18)39-25/h10,12,16-25,34H,3,8-9H2,1-2,4-7H3/t10-,12+,16-,17+,18-,19-,20-,21+,22-,23+,24+,25+,27+,28-/m1/s1. The molecule has 0 unspecified atom stereocenters. The summed E-state index contributed by atoms with van der Waals surface area (Å²) in [5.41, 5.74) is -2.92. The van der Waals surface area contributed by atoms with Gasteiger partial charge < -0.3 is 33.5 Å². The van der Waals surface area contributed by atoms with Gasteiger partial charge in [-0.05, 0) is 18.9 Å². The quantitative estimate of drug-likeness (QED) is 0.166. The van der Waals surface area contributed by atoms with E-state index in [1.54, 1.807) is 6.92 Å². The highest BCUT2D eigenvalue weighted by Gasteiger charge is 2.78. The number of halogens is 1. The molecule has 0 amide bonds. The molecule has 0 radical (unpaired) electrons. The van der Waals surface area contributed by atoms with Crippen molar-refractivity contribution in [1.82, 2.24) is 0 Å². The summed E-state index contributed by atoms with van der Waals surface area (Å²) in [7, 11) is 0. The molecule has 0 spiro atoms. The zero-order chi connectivity index (χ0) is 29.5. The third kappa shape index (κ3) is 4.26. The molecule has 0 aromatic carbocycles. The second kappa shape index (κ2) is 9.96. The number of hydrogen-bond acceptors (Lipinski definition) is 11. The Bertz CT molecular complexity index is 1130. The summed E-state index contributed by atoms with van der Waals surface area (Å²) in [6.45, 7) is 13.5. The Hall–Kier alpha value is -2.21. The van der Waals surface area contributed by atoms with Gasteiger partial charge in [-0.3, -0.25) is 19.2 Å². The van der Waals surface area contributed by atoms with Crippen molar-refractivity contribution in [2.45, 2.75) is 114 Å². The number of carbonyl (C=O) groups is 4. The maximum Gasteiger partial charge on any atom is 0.312 e. The fourth-order valence-corrected chi connectivity index (χ4v) is 7.88. The number of ether oxygens (including phenoxy) is 6. The third-order valence-electron chi connectivity index (χ3n) is 9.52. The molecular formula is C28H37ClO11. The normalized spacial score (nSPS) is 48.8. The lowest BCUT2D eigenvalue weighted by molar-refractivity contribution is -0.227. The van der Waals surface area contributed by atoms with E-state index >= 15 is 0 Å². The second-order valence-corrected chi connectivity index (χ2v) is 12.5. The summed E-state index contributed by atoms with van der Waals surface area (Å²) in [6.07, 6.45) is -6.11. The molecule has 0 aromatic rings. The van der Waals surface area contributed by atoms with Crippen molar-refractivity contribution in [3.63, 3.8) is 0 Å². The van der Waals surface area contributed by atoms with Crippen LogP contribution in [0.5, 0.6) is 0 Å². The van der Waals surface area contributed by atoms with E-state index in [1.165, 1.54) is 20.8 Å². The summed E-state index contributed by atoms with van der Waals surface area (Å²) in [5.74, 6) is -5.05. The number of hydrogen-bond donors (Lipinski definition) is 1. The van der Waals surface area contributed by atoms with Gasteiger partial charge in [-0.15, -0.1) is 11.6 Å². The van der Waals surface area contributed by atoms with Gasteiger partial charge in [0.05, 0.1) is 17.4 Å². The number of carbonyl (C=O) groups excluding carboxylic acids is 4. The summed E-state index contributed by atoms with van der Waals surface area (Å²) < 4.78 is 35.6. The molecule has 12 heteroatoms. The molecule has 0 aromatic heterocycles. The highest BCUT2D eigenvalue weighted by molar-refractivity contribution is 6.23. The van der Waals surface area contributed by atoms with Crippen molar-refractivity contribution in [2.24, 2.45) is 23.2 Å². The Morgan fingerprint density at radius 1 is 1.02 bits per heavy atom. The summed E-state index contributed by atoms with van der Waals surface area (Å²) in [5, 5.41) is 11.4. The minimum absolute atomic E-state index is 0.199. The molecule has 1 N–H and O–H groups in total. The van der Waals surface area contributed by atoms with Crippen LogP contribution in [-0.2, 0) is 47.6 Å². The van der Waals surface area contributed by atoms with Crippen molar-refractivity contribution in [3.8, 4) is 0 Å². The molecule has 3 heterocycles. The van der Waals surface area contributed by atoms with Crippen molar-refractivity contribution in [3.05, 3.63) is 12.2 Å². The average Bonchev–Trinajstić information content (AvgIpc) is 3.79. The Balaban J connectivity index is 1.72. The Labute approximate surface area is 237 Å². The fraction of sp³-hybridized carbons (Fsp3) is 0.786. The minimum Gasteiger partial charge on any atom is -0.459 e. The number of epoxide rings is 2. The van der Waals surface area contributed by atoms with E-state index in [2.05, 4.69) is 6.58 Å². The lowest BCUT2D eigenvalue weighted by atomic mass is 9.53. The number of alkyl halides is 1. The highest BCUT2D eigenvalue weighted by atomic mass is 35.5. The predicted octanol–water partition coefficient (Wildman–Crippen LogP) is 1.84. The van der Waals surface area contributed by atoms with Gasteiger partial charge in [0.25, 0.3) is 0 Å². The maximum atomic E-state index is 13.0. The smallest absolute Gasteiger partial charge is 0.312 e. The van der Waals surface area contributed by atoms with Crippen molar-refractivity contribution < 1.29 is 52.7 Å². The van der Waals surface area contributed by atoms with E-state index in [4.69, 9.17) is 40.0 Å². The van der Waals surface area contributed by atoms with Gasteiger partial charge in [0.2, 0.25) is 0 Å². The zero-order valence-corrected chi connectivity index (χ0v) is 24.2. The topological polar surface area (TPSA) is 150 Å². The number of fused-ring (bicyclic) bond motifs is 5. The molecule has 14 atom stereocenters. The van der Waals surface area contributed by atoms with Crippen LogP contribution < -0.4 is 0 Å². The van der Waals surface area contributed by atoms with Crippen LogP contribution in [-0.4, -0.2) is 88.8 Å². The average molecular weight is 585 g/mol. The first-order valence-electron chi connectivity index (χ1n) is 13.8. The number of aliphatic hydroxyl groups is 1. The van der Waals surface area contributed by atoms with Crippen molar-refractivity contribution in [1.29, 1.82) is 0 Å². The monoisotopic (exact) mass is 584 g/mol. The van der Waals surface area contributed by atoms with Gasteiger partial charge in [-0.1, -0.05) is 27.4 Å². The van der Waals surface area contributed by atoms with Crippen LogP contribution in [0.3, 0.4) is 0 Å². The Kier molecular flexibility index (Phi) is 7.29. The first kappa shape index (κ1) is 29.3. The van der Waals surface area contributed by atoms with Gasteiger partial charge in [0.15, 0.2) is 11.7 Å².